The van der Waals surface area contributed by atoms with Crippen LogP contribution in [0.5, 0.6) is 0 Å². The highest BCUT2D eigenvalue weighted by Crippen LogP contribution is 2.67. The Morgan fingerprint density at radius 3 is 2.56 bits per heavy atom. The van der Waals surface area contributed by atoms with Crippen LogP contribution in [0.3, 0.4) is 0 Å². The van der Waals surface area contributed by atoms with Crippen LogP contribution in [-0.2, 0) is 4.74 Å². The Labute approximate surface area is 219 Å². The molecule has 0 radical (unpaired) electrons. The molecule has 3 heteroatoms. The largest absolute Gasteiger partial charge is 0.458 e. The van der Waals surface area contributed by atoms with Crippen LogP contribution in [0.1, 0.15) is 116 Å². The number of carbonyl (C=O) groups excluding carboxylic acids is 1. The molecule has 36 heavy (non-hydrogen) atoms. The van der Waals surface area contributed by atoms with Gasteiger partial charge in [0.05, 0.1) is 5.56 Å². The van der Waals surface area contributed by atoms with Gasteiger partial charge in [-0.1, -0.05) is 65.5 Å². The van der Waals surface area contributed by atoms with Gasteiger partial charge in [-0.25, -0.2) is 4.79 Å². The van der Waals surface area contributed by atoms with Crippen molar-refractivity contribution in [2.45, 2.75) is 111 Å². The summed E-state index contributed by atoms with van der Waals surface area (Å²) in [5.74, 6) is 4.96. The maximum absolute atomic E-state index is 12.7. The van der Waals surface area contributed by atoms with E-state index in [1.807, 2.05) is 0 Å². The number of aromatic nitrogens is 1. The highest BCUT2D eigenvalue weighted by atomic mass is 16.5. The Morgan fingerprint density at radius 2 is 1.81 bits per heavy atom. The summed E-state index contributed by atoms with van der Waals surface area (Å²) in [6, 6.07) is 3.50. The van der Waals surface area contributed by atoms with Crippen molar-refractivity contribution >= 4 is 5.97 Å². The van der Waals surface area contributed by atoms with E-state index in [2.05, 4.69) is 45.7 Å². The monoisotopic (exact) mass is 491 g/mol. The predicted octanol–water partition coefficient (Wildman–Crippen LogP) is 8.65. The van der Waals surface area contributed by atoms with Crippen LogP contribution >= 0.6 is 0 Å². The van der Waals surface area contributed by atoms with E-state index in [0.29, 0.717) is 16.4 Å². The Kier molecular flexibility index (Phi) is 7.40. The lowest BCUT2D eigenvalue weighted by atomic mass is 9.47. The maximum Gasteiger partial charge on any atom is 0.338 e. The van der Waals surface area contributed by atoms with Gasteiger partial charge in [-0.3, -0.25) is 4.98 Å². The zero-order chi connectivity index (χ0) is 25.5. The molecule has 0 spiro atoms. The molecule has 4 aliphatic rings. The van der Waals surface area contributed by atoms with Crippen molar-refractivity contribution in [3.05, 3.63) is 41.7 Å². The van der Waals surface area contributed by atoms with E-state index in [1.165, 1.54) is 51.4 Å². The van der Waals surface area contributed by atoms with Crippen LogP contribution in [0.25, 0.3) is 0 Å². The summed E-state index contributed by atoms with van der Waals surface area (Å²) in [7, 11) is 0. The van der Waals surface area contributed by atoms with E-state index >= 15 is 0 Å². The van der Waals surface area contributed by atoms with E-state index in [9.17, 15) is 4.79 Å². The molecule has 4 aliphatic carbocycles. The van der Waals surface area contributed by atoms with Gasteiger partial charge in [0.15, 0.2) is 0 Å². The number of carbonyl (C=O) groups is 1. The molecule has 0 saturated heterocycles. The summed E-state index contributed by atoms with van der Waals surface area (Å²) in [4.78, 5) is 16.7. The molecule has 0 aromatic carbocycles. The van der Waals surface area contributed by atoms with E-state index in [0.717, 1.165) is 54.8 Å². The number of ether oxygens (including phenoxy) is 1. The van der Waals surface area contributed by atoms with E-state index in [4.69, 9.17) is 4.74 Å². The van der Waals surface area contributed by atoms with Crippen molar-refractivity contribution in [1.82, 2.24) is 4.98 Å². The predicted molar refractivity (Wildman–Crippen MR) is 146 cm³/mol. The van der Waals surface area contributed by atoms with Gasteiger partial charge in [-0.05, 0) is 103 Å². The van der Waals surface area contributed by atoms with Gasteiger partial charge in [-0.2, -0.15) is 0 Å². The van der Waals surface area contributed by atoms with Gasteiger partial charge < -0.3 is 4.74 Å². The summed E-state index contributed by atoms with van der Waals surface area (Å²) >= 11 is 0. The molecule has 5 rings (SSSR count). The fourth-order valence-electron chi connectivity index (χ4n) is 9.46. The fourth-order valence-corrected chi connectivity index (χ4v) is 9.46. The van der Waals surface area contributed by atoms with Crippen LogP contribution in [0.4, 0.5) is 0 Å². The molecule has 0 N–H and O–H groups in total. The van der Waals surface area contributed by atoms with E-state index < -0.39 is 0 Å². The van der Waals surface area contributed by atoms with Gasteiger partial charge in [0, 0.05) is 18.8 Å². The van der Waals surface area contributed by atoms with Crippen LogP contribution in [0.2, 0.25) is 0 Å². The molecule has 0 unspecified atom stereocenters. The Morgan fingerprint density at radius 1 is 1.03 bits per heavy atom. The van der Waals surface area contributed by atoms with Gasteiger partial charge in [0.1, 0.15) is 6.10 Å². The molecule has 1 aromatic rings. The summed E-state index contributed by atoms with van der Waals surface area (Å²) in [5.41, 5.74) is 3.03. The van der Waals surface area contributed by atoms with Crippen molar-refractivity contribution < 1.29 is 9.53 Å². The first kappa shape index (κ1) is 26.0. The minimum absolute atomic E-state index is 0.0120. The van der Waals surface area contributed by atoms with Crippen molar-refractivity contribution in [1.29, 1.82) is 0 Å². The average molecular weight is 492 g/mol. The second-order valence-electron chi connectivity index (χ2n) is 13.8. The Bertz CT molecular complexity index is 954. The molecule has 0 bridgehead atoms. The number of fused-ring (bicyclic) bond motifs is 5. The summed E-state index contributed by atoms with van der Waals surface area (Å²) in [5, 5.41) is 0. The number of hydrogen-bond acceptors (Lipinski definition) is 3. The first-order valence-corrected chi connectivity index (χ1v) is 15.0. The van der Waals surface area contributed by atoms with Gasteiger partial charge in [-0.15, -0.1) is 0 Å². The third kappa shape index (κ3) is 4.69. The molecule has 3 saturated carbocycles. The highest BCUT2D eigenvalue weighted by Gasteiger charge is 2.59. The Hall–Kier alpha value is -1.64. The maximum atomic E-state index is 12.7. The molecule has 0 aliphatic heterocycles. The van der Waals surface area contributed by atoms with Crippen molar-refractivity contribution in [2.24, 2.45) is 46.3 Å². The number of allylic oxidation sites excluding steroid dienone is 1. The van der Waals surface area contributed by atoms with Crippen LogP contribution in [0.15, 0.2) is 36.2 Å². The van der Waals surface area contributed by atoms with Crippen LogP contribution in [-0.4, -0.2) is 17.1 Å². The first-order chi connectivity index (χ1) is 17.2. The lowest BCUT2D eigenvalue weighted by Crippen LogP contribution is -2.51. The average Bonchev–Trinajstić information content (AvgIpc) is 3.22. The molecule has 198 valence electrons. The van der Waals surface area contributed by atoms with E-state index in [-0.39, 0.29) is 12.1 Å². The molecule has 3 fully saturated rings. The Balaban J connectivity index is 1.25. The molecule has 0 amide bonds. The molecular weight excluding hydrogens is 442 g/mol. The second kappa shape index (κ2) is 10.3. The fraction of sp³-hybridized carbons (Fsp3) is 0.758. The third-order valence-electron chi connectivity index (χ3n) is 11.4. The topological polar surface area (TPSA) is 39.2 Å². The summed E-state index contributed by atoms with van der Waals surface area (Å²) in [6.07, 6.45) is 20.2. The summed E-state index contributed by atoms with van der Waals surface area (Å²) < 4.78 is 5.97. The van der Waals surface area contributed by atoms with Crippen LogP contribution in [0, 0.1) is 46.3 Å². The lowest BCUT2D eigenvalue weighted by Gasteiger charge is -2.58. The quantitative estimate of drug-likeness (QED) is 0.283. The van der Waals surface area contributed by atoms with Crippen molar-refractivity contribution in [2.75, 3.05) is 0 Å². The van der Waals surface area contributed by atoms with Gasteiger partial charge >= 0.3 is 5.97 Å². The minimum Gasteiger partial charge on any atom is -0.458 e. The third-order valence-corrected chi connectivity index (χ3v) is 11.4. The zero-order valence-corrected chi connectivity index (χ0v) is 23.5. The van der Waals surface area contributed by atoms with Crippen molar-refractivity contribution in [3.8, 4) is 0 Å². The minimum atomic E-state index is -0.201. The molecule has 1 aromatic heterocycles. The number of nitrogens with zero attached hydrogens (tertiary/aromatic N) is 1. The number of rotatable bonds is 7. The summed E-state index contributed by atoms with van der Waals surface area (Å²) in [6.45, 7) is 12.5. The smallest absolute Gasteiger partial charge is 0.338 e. The van der Waals surface area contributed by atoms with Crippen molar-refractivity contribution in [3.63, 3.8) is 0 Å². The number of pyridine rings is 1. The van der Waals surface area contributed by atoms with E-state index in [1.54, 1.807) is 30.1 Å². The van der Waals surface area contributed by atoms with Gasteiger partial charge in [0.2, 0.25) is 0 Å². The zero-order valence-electron chi connectivity index (χ0n) is 23.5. The number of esters is 1. The highest BCUT2D eigenvalue weighted by molar-refractivity contribution is 5.89. The standard InChI is InChI=1S/C33H49NO2/c1-22(2)7-6-8-23(3)28-11-12-29-27-10-9-25-21-26(36-31(35)24-15-19-34-20-16-24)13-17-32(25,4)30(27)14-18-33(28,29)5/h9,15-16,19-20,22-23,26-30H,6-8,10-14,17-18,21H2,1-5H3/t23-,26+,27-,28+,29-,30-,32-,33+/m0/s1. The van der Waals surface area contributed by atoms with Gasteiger partial charge in [0.25, 0.3) is 0 Å². The first-order valence-electron chi connectivity index (χ1n) is 15.0. The second-order valence-corrected chi connectivity index (χ2v) is 13.8. The normalized spacial score (nSPS) is 38.5. The molecular formula is C33H49NO2. The molecule has 3 nitrogen and oxygen atoms in total. The molecule has 8 atom stereocenters. The SMILES string of the molecule is CC(C)CCC[C@H](C)[C@H]1CC[C@H]2[C@@H]3CC=C4C[C@H](OC(=O)c5ccncc5)CC[C@]4(C)[C@H]3CC[C@]12C. The molecule has 1 heterocycles. The number of hydrogen-bond donors (Lipinski definition) is 0. The lowest BCUT2D eigenvalue weighted by molar-refractivity contribution is -0.0594. The van der Waals surface area contributed by atoms with Crippen LogP contribution < -0.4 is 0 Å².